The number of hydrogen-bond acceptors (Lipinski definition) is 3. The largest absolute Gasteiger partial charge is 0.492 e. The zero-order chi connectivity index (χ0) is 16.4. The summed E-state index contributed by atoms with van der Waals surface area (Å²) in [7, 11) is 0. The third kappa shape index (κ3) is 3.32. The molecule has 23 heavy (non-hydrogen) atoms. The Bertz CT molecular complexity index is 903. The maximum atomic E-state index is 12.2. The lowest BCUT2D eigenvalue weighted by molar-refractivity contribution is 0.298. The van der Waals surface area contributed by atoms with E-state index in [1.807, 2.05) is 12.1 Å². The molecule has 0 saturated heterocycles. The van der Waals surface area contributed by atoms with Crippen molar-refractivity contribution in [3.63, 3.8) is 0 Å². The molecule has 3 aromatic rings. The number of ether oxygens (including phenoxy) is 1. The van der Waals surface area contributed by atoms with E-state index in [2.05, 4.69) is 23.8 Å². The first kappa shape index (κ1) is 15.8. The van der Waals surface area contributed by atoms with Crippen molar-refractivity contribution in [3.8, 4) is 5.75 Å². The van der Waals surface area contributed by atoms with Gasteiger partial charge < -0.3 is 9.72 Å². The smallest absolute Gasteiger partial charge is 0.257 e. The molecule has 0 atom stereocenters. The minimum Gasteiger partial charge on any atom is -0.492 e. The lowest BCUT2D eigenvalue weighted by Gasteiger charge is -2.11. The van der Waals surface area contributed by atoms with Crippen molar-refractivity contribution in [3.05, 3.63) is 46.0 Å². The standard InChI is InChI=1S/C18H19ClN2O2/c1-11(2)4-3-7-23-17-9-16-13(8-15(17)19)12-5-6-20-10-14(12)18(22)21-16/h5-6,8-11H,3-4,7H2,1-2H3,(H,21,22). The minimum absolute atomic E-state index is 0.159. The lowest BCUT2D eigenvalue weighted by Crippen LogP contribution is -2.07. The first-order valence-corrected chi connectivity index (χ1v) is 8.16. The van der Waals surface area contributed by atoms with Gasteiger partial charge in [0.1, 0.15) is 5.75 Å². The van der Waals surface area contributed by atoms with Gasteiger partial charge in [0.15, 0.2) is 0 Å². The number of halogens is 1. The first-order chi connectivity index (χ1) is 11.1. The number of fused-ring (bicyclic) bond motifs is 3. The predicted octanol–water partition coefficient (Wildman–Crippen LogP) is 4.54. The summed E-state index contributed by atoms with van der Waals surface area (Å²) in [6.07, 6.45) is 5.33. The highest BCUT2D eigenvalue weighted by Gasteiger charge is 2.10. The van der Waals surface area contributed by atoms with Gasteiger partial charge in [-0.3, -0.25) is 9.78 Å². The Morgan fingerprint density at radius 3 is 2.87 bits per heavy atom. The number of rotatable bonds is 5. The van der Waals surface area contributed by atoms with Crippen molar-refractivity contribution >= 4 is 33.3 Å². The Kier molecular flexibility index (Phi) is 4.53. The average molecular weight is 331 g/mol. The van der Waals surface area contributed by atoms with Gasteiger partial charge in [-0.15, -0.1) is 0 Å². The molecule has 4 nitrogen and oxygen atoms in total. The number of hydrogen-bond donors (Lipinski definition) is 1. The minimum atomic E-state index is -0.159. The van der Waals surface area contributed by atoms with Crippen LogP contribution in [0.25, 0.3) is 21.7 Å². The normalized spacial score (nSPS) is 11.5. The van der Waals surface area contributed by atoms with E-state index in [1.54, 1.807) is 18.5 Å². The molecule has 0 bridgehead atoms. The highest BCUT2D eigenvalue weighted by atomic mass is 35.5. The van der Waals surface area contributed by atoms with E-state index in [9.17, 15) is 4.79 Å². The van der Waals surface area contributed by atoms with Gasteiger partial charge in [-0.1, -0.05) is 25.4 Å². The van der Waals surface area contributed by atoms with Crippen molar-refractivity contribution in [1.82, 2.24) is 9.97 Å². The first-order valence-electron chi connectivity index (χ1n) is 7.78. The summed E-state index contributed by atoms with van der Waals surface area (Å²) >= 11 is 6.35. The highest BCUT2D eigenvalue weighted by molar-refractivity contribution is 6.33. The van der Waals surface area contributed by atoms with E-state index in [4.69, 9.17) is 16.3 Å². The van der Waals surface area contributed by atoms with Crippen LogP contribution in [-0.2, 0) is 0 Å². The third-order valence-electron chi connectivity index (χ3n) is 3.86. The van der Waals surface area contributed by atoms with Gasteiger partial charge in [0.2, 0.25) is 0 Å². The summed E-state index contributed by atoms with van der Waals surface area (Å²) in [5.41, 5.74) is 0.561. The fraction of sp³-hybridized carbons (Fsp3) is 0.333. The molecule has 120 valence electrons. The monoisotopic (exact) mass is 330 g/mol. The average Bonchev–Trinajstić information content (AvgIpc) is 2.53. The van der Waals surface area contributed by atoms with Crippen LogP contribution >= 0.6 is 11.6 Å². The van der Waals surface area contributed by atoms with Crippen LogP contribution in [0.3, 0.4) is 0 Å². The number of benzene rings is 1. The molecular weight excluding hydrogens is 312 g/mol. The molecule has 2 heterocycles. The Morgan fingerprint density at radius 2 is 2.09 bits per heavy atom. The summed E-state index contributed by atoms with van der Waals surface area (Å²) in [5, 5.41) is 2.84. The van der Waals surface area contributed by atoms with Gasteiger partial charge in [-0.2, -0.15) is 0 Å². The SMILES string of the molecule is CC(C)CCCOc1cc2[nH]c(=O)c3cnccc3c2cc1Cl. The van der Waals surface area contributed by atoms with Crippen LogP contribution in [0.5, 0.6) is 5.75 Å². The molecule has 0 radical (unpaired) electrons. The van der Waals surface area contributed by atoms with Crippen LogP contribution in [-0.4, -0.2) is 16.6 Å². The molecule has 0 saturated carbocycles. The fourth-order valence-corrected chi connectivity index (χ4v) is 2.88. The molecule has 0 amide bonds. The van der Waals surface area contributed by atoms with Crippen LogP contribution in [0.1, 0.15) is 26.7 Å². The molecule has 0 spiro atoms. The van der Waals surface area contributed by atoms with Crippen molar-refractivity contribution in [1.29, 1.82) is 0 Å². The second-order valence-corrected chi connectivity index (χ2v) is 6.50. The van der Waals surface area contributed by atoms with Crippen LogP contribution in [0.4, 0.5) is 0 Å². The maximum absolute atomic E-state index is 12.2. The maximum Gasteiger partial charge on any atom is 0.257 e. The van der Waals surface area contributed by atoms with Gasteiger partial charge in [0.05, 0.1) is 22.5 Å². The molecule has 3 rings (SSSR count). The van der Waals surface area contributed by atoms with E-state index in [0.29, 0.717) is 28.7 Å². The number of nitrogens with one attached hydrogen (secondary N) is 1. The number of aromatic amines is 1. The summed E-state index contributed by atoms with van der Waals surface area (Å²) in [5.74, 6) is 1.26. The number of aromatic nitrogens is 2. The topological polar surface area (TPSA) is 55.0 Å². The van der Waals surface area contributed by atoms with Crippen LogP contribution in [0.2, 0.25) is 5.02 Å². The van der Waals surface area contributed by atoms with E-state index in [-0.39, 0.29) is 5.56 Å². The molecule has 0 aliphatic heterocycles. The quantitative estimate of drug-likeness (QED) is 0.551. The van der Waals surface area contributed by atoms with Gasteiger partial charge in [0.25, 0.3) is 5.56 Å². The van der Waals surface area contributed by atoms with Gasteiger partial charge in [-0.25, -0.2) is 0 Å². The Morgan fingerprint density at radius 1 is 1.26 bits per heavy atom. The van der Waals surface area contributed by atoms with E-state index in [0.717, 1.165) is 29.1 Å². The molecule has 0 aliphatic rings. The van der Waals surface area contributed by atoms with Gasteiger partial charge >= 0.3 is 0 Å². The van der Waals surface area contributed by atoms with Crippen molar-refractivity contribution in [2.24, 2.45) is 5.92 Å². The van der Waals surface area contributed by atoms with Crippen LogP contribution in [0, 0.1) is 5.92 Å². The Hall–Kier alpha value is -2.07. The fourth-order valence-electron chi connectivity index (χ4n) is 2.66. The van der Waals surface area contributed by atoms with Gasteiger partial charge in [0, 0.05) is 23.8 Å². The molecule has 1 aromatic carbocycles. The molecule has 2 aromatic heterocycles. The van der Waals surface area contributed by atoms with E-state index < -0.39 is 0 Å². The number of nitrogens with zero attached hydrogens (tertiary/aromatic N) is 1. The molecule has 5 heteroatoms. The summed E-state index contributed by atoms with van der Waals surface area (Å²) in [4.78, 5) is 19.0. The van der Waals surface area contributed by atoms with Crippen LogP contribution < -0.4 is 10.3 Å². The van der Waals surface area contributed by atoms with E-state index >= 15 is 0 Å². The zero-order valence-corrected chi connectivity index (χ0v) is 14.0. The summed E-state index contributed by atoms with van der Waals surface area (Å²) in [6, 6.07) is 5.47. The van der Waals surface area contributed by atoms with Crippen molar-refractivity contribution < 1.29 is 4.74 Å². The molecule has 1 N–H and O–H groups in total. The molecular formula is C18H19ClN2O2. The zero-order valence-electron chi connectivity index (χ0n) is 13.2. The van der Waals surface area contributed by atoms with Gasteiger partial charge in [-0.05, 0) is 36.3 Å². The van der Waals surface area contributed by atoms with Crippen molar-refractivity contribution in [2.75, 3.05) is 6.61 Å². The predicted molar refractivity (Wildman–Crippen MR) is 94.4 cm³/mol. The number of pyridine rings is 2. The second kappa shape index (κ2) is 6.59. The van der Waals surface area contributed by atoms with E-state index in [1.165, 1.54) is 0 Å². The van der Waals surface area contributed by atoms with Crippen LogP contribution in [0.15, 0.2) is 35.4 Å². The molecule has 0 unspecified atom stereocenters. The highest BCUT2D eigenvalue weighted by Crippen LogP contribution is 2.32. The Labute approximate surface area is 139 Å². The second-order valence-electron chi connectivity index (χ2n) is 6.09. The number of H-pyrrole nitrogens is 1. The van der Waals surface area contributed by atoms with Crippen molar-refractivity contribution in [2.45, 2.75) is 26.7 Å². The molecule has 0 fully saturated rings. The lowest BCUT2D eigenvalue weighted by atomic mass is 10.1. The third-order valence-corrected chi connectivity index (χ3v) is 4.15. The summed E-state index contributed by atoms with van der Waals surface area (Å²) in [6.45, 7) is 4.99. The Balaban J connectivity index is 1.98. The summed E-state index contributed by atoms with van der Waals surface area (Å²) < 4.78 is 5.78. The molecule has 0 aliphatic carbocycles.